The number of nitrogens with one attached hydrogen (secondary N) is 1. The van der Waals surface area contributed by atoms with Gasteiger partial charge in [0.1, 0.15) is 0 Å². The van der Waals surface area contributed by atoms with Crippen LogP contribution in [0.1, 0.15) is 11.6 Å². The Labute approximate surface area is 85.6 Å². The van der Waals surface area contributed by atoms with Gasteiger partial charge in [0.25, 0.3) is 5.56 Å². The molecule has 0 unspecified atom stereocenters. The van der Waals surface area contributed by atoms with Gasteiger partial charge in [-0.25, -0.2) is 9.50 Å². The van der Waals surface area contributed by atoms with Crippen LogP contribution < -0.4 is 5.56 Å². The highest BCUT2D eigenvalue weighted by molar-refractivity contribution is 5.40. The van der Waals surface area contributed by atoms with Crippen molar-refractivity contribution in [2.45, 2.75) is 5.92 Å². The zero-order chi connectivity index (χ0) is 10.3. The second-order valence-electron chi connectivity index (χ2n) is 3.48. The molecule has 2 heterocycles. The summed E-state index contributed by atoms with van der Waals surface area (Å²) in [5.74, 6) is 0.221. The predicted molar refractivity (Wildman–Crippen MR) is 56.8 cm³/mol. The van der Waals surface area contributed by atoms with E-state index in [-0.39, 0.29) is 11.5 Å². The van der Waals surface area contributed by atoms with Gasteiger partial charge in [0, 0.05) is 18.2 Å². The average Bonchev–Trinajstić information content (AvgIpc) is 2.82. The van der Waals surface area contributed by atoms with Gasteiger partial charge in [0.2, 0.25) is 0 Å². The van der Waals surface area contributed by atoms with Crippen LogP contribution in [0.2, 0.25) is 0 Å². The number of aromatic nitrogens is 3. The van der Waals surface area contributed by atoms with E-state index in [1.54, 1.807) is 10.7 Å². The molecule has 0 radical (unpaired) electrons. The second-order valence-corrected chi connectivity index (χ2v) is 3.48. The molecule has 1 aliphatic rings. The maximum Gasteiger partial charge on any atom is 0.266 e. The number of rotatable bonds is 1. The fraction of sp³-hybridized carbons (Fsp3) is 0.0909. The normalized spacial score (nSPS) is 15.5. The Morgan fingerprint density at radius 2 is 2.13 bits per heavy atom. The summed E-state index contributed by atoms with van der Waals surface area (Å²) in [5.41, 5.74) is 1.55. The Hall–Kier alpha value is -2.10. The van der Waals surface area contributed by atoms with Crippen molar-refractivity contribution >= 4 is 5.65 Å². The fourth-order valence-electron chi connectivity index (χ4n) is 1.83. The summed E-state index contributed by atoms with van der Waals surface area (Å²) in [7, 11) is 0. The smallest absolute Gasteiger partial charge is 0.266 e. The largest absolute Gasteiger partial charge is 0.268 e. The maximum absolute atomic E-state index is 11.2. The van der Waals surface area contributed by atoms with Crippen molar-refractivity contribution in [3.63, 3.8) is 0 Å². The molecule has 0 bridgehead atoms. The molecule has 1 aliphatic carbocycles. The molecule has 4 nitrogen and oxygen atoms in total. The summed E-state index contributed by atoms with van der Waals surface area (Å²) in [4.78, 5) is 15.3. The van der Waals surface area contributed by atoms with Gasteiger partial charge in [0.15, 0.2) is 5.65 Å². The second kappa shape index (κ2) is 2.95. The minimum Gasteiger partial charge on any atom is -0.268 e. The summed E-state index contributed by atoms with van der Waals surface area (Å²) in [6.45, 7) is 0. The molecule has 0 aromatic carbocycles. The number of hydrogen-bond donors (Lipinski definition) is 1. The van der Waals surface area contributed by atoms with Gasteiger partial charge >= 0.3 is 0 Å². The first-order valence-corrected chi connectivity index (χ1v) is 4.76. The molecular formula is C11H9N3O. The van der Waals surface area contributed by atoms with Crippen LogP contribution in [-0.4, -0.2) is 14.6 Å². The van der Waals surface area contributed by atoms with Crippen molar-refractivity contribution in [2.24, 2.45) is 0 Å². The van der Waals surface area contributed by atoms with Crippen LogP contribution in [0.4, 0.5) is 0 Å². The first kappa shape index (κ1) is 8.23. The van der Waals surface area contributed by atoms with E-state index in [4.69, 9.17) is 0 Å². The van der Waals surface area contributed by atoms with Gasteiger partial charge in [-0.05, 0) is 6.07 Å². The van der Waals surface area contributed by atoms with E-state index >= 15 is 0 Å². The van der Waals surface area contributed by atoms with Gasteiger partial charge < -0.3 is 0 Å². The van der Waals surface area contributed by atoms with E-state index in [2.05, 4.69) is 22.2 Å². The highest BCUT2D eigenvalue weighted by Crippen LogP contribution is 2.21. The van der Waals surface area contributed by atoms with Crippen LogP contribution in [0.15, 0.2) is 47.4 Å². The zero-order valence-corrected chi connectivity index (χ0v) is 7.92. The minimum absolute atomic E-state index is 0.124. The van der Waals surface area contributed by atoms with E-state index in [9.17, 15) is 4.79 Å². The molecule has 2 aromatic rings. The van der Waals surface area contributed by atoms with E-state index in [0.29, 0.717) is 5.65 Å². The van der Waals surface area contributed by atoms with Gasteiger partial charge in [-0.3, -0.25) is 9.89 Å². The van der Waals surface area contributed by atoms with E-state index < -0.39 is 0 Å². The lowest BCUT2D eigenvalue weighted by molar-refractivity contribution is 0.826. The number of fused-ring (bicyclic) bond motifs is 1. The molecule has 2 aromatic heterocycles. The third kappa shape index (κ3) is 1.22. The van der Waals surface area contributed by atoms with Crippen molar-refractivity contribution in [1.82, 2.24) is 14.6 Å². The Kier molecular flexibility index (Phi) is 1.62. The Morgan fingerprint density at radius 1 is 1.33 bits per heavy atom. The van der Waals surface area contributed by atoms with Crippen LogP contribution in [0.3, 0.4) is 0 Å². The minimum atomic E-state index is -0.124. The number of nitrogens with zero attached hydrogens (tertiary/aromatic N) is 2. The van der Waals surface area contributed by atoms with Gasteiger partial charge in [-0.2, -0.15) is 0 Å². The number of aromatic amines is 1. The molecule has 0 atom stereocenters. The summed E-state index contributed by atoms with van der Waals surface area (Å²) in [6.07, 6.45) is 9.87. The quantitative estimate of drug-likeness (QED) is 0.751. The lowest BCUT2D eigenvalue weighted by Gasteiger charge is -2.07. The molecular weight excluding hydrogens is 190 g/mol. The van der Waals surface area contributed by atoms with Gasteiger partial charge in [-0.1, -0.05) is 24.3 Å². The number of allylic oxidation sites excluding steroid dienone is 4. The van der Waals surface area contributed by atoms with Crippen LogP contribution in [0.25, 0.3) is 5.65 Å². The lowest BCUT2D eigenvalue weighted by Crippen LogP contribution is -2.05. The van der Waals surface area contributed by atoms with Crippen molar-refractivity contribution in [3.8, 4) is 0 Å². The van der Waals surface area contributed by atoms with Crippen LogP contribution in [0, 0.1) is 0 Å². The van der Waals surface area contributed by atoms with Gasteiger partial charge in [-0.15, -0.1) is 0 Å². The van der Waals surface area contributed by atoms with E-state index in [1.165, 1.54) is 6.07 Å². The van der Waals surface area contributed by atoms with Crippen molar-refractivity contribution < 1.29 is 0 Å². The number of hydrogen-bond acceptors (Lipinski definition) is 2. The molecule has 74 valence electrons. The summed E-state index contributed by atoms with van der Waals surface area (Å²) < 4.78 is 1.73. The topological polar surface area (TPSA) is 50.2 Å². The SMILES string of the molecule is O=c1cc2nccc(C3C=CC=C3)n2[nH]1. The fourth-order valence-corrected chi connectivity index (χ4v) is 1.83. The molecule has 0 saturated heterocycles. The standard InChI is InChI=1S/C11H9N3O/c15-11-7-10-12-6-5-9(14(10)13-11)8-3-1-2-4-8/h1-8H,(H,13,15). The van der Waals surface area contributed by atoms with E-state index in [0.717, 1.165) is 5.69 Å². The molecule has 0 spiro atoms. The van der Waals surface area contributed by atoms with Gasteiger partial charge in [0.05, 0.1) is 5.69 Å². The third-order valence-corrected chi connectivity index (χ3v) is 2.51. The molecule has 0 aliphatic heterocycles. The van der Waals surface area contributed by atoms with Crippen molar-refractivity contribution in [1.29, 1.82) is 0 Å². The molecule has 3 rings (SSSR count). The molecule has 0 fully saturated rings. The highest BCUT2D eigenvalue weighted by atomic mass is 16.1. The monoisotopic (exact) mass is 199 g/mol. The lowest BCUT2D eigenvalue weighted by atomic mass is 10.1. The first-order chi connectivity index (χ1) is 7.34. The Balaban J connectivity index is 2.29. The van der Waals surface area contributed by atoms with E-state index in [1.807, 2.05) is 18.2 Å². The Bertz CT molecular complexity index is 606. The molecule has 0 saturated carbocycles. The zero-order valence-electron chi connectivity index (χ0n) is 7.92. The Morgan fingerprint density at radius 3 is 2.93 bits per heavy atom. The molecule has 15 heavy (non-hydrogen) atoms. The van der Waals surface area contributed by atoms with Crippen LogP contribution >= 0.6 is 0 Å². The first-order valence-electron chi connectivity index (χ1n) is 4.76. The molecule has 4 heteroatoms. The maximum atomic E-state index is 11.2. The molecule has 1 N–H and O–H groups in total. The summed E-state index contributed by atoms with van der Waals surface area (Å²) in [6, 6.07) is 3.40. The average molecular weight is 199 g/mol. The predicted octanol–water partition coefficient (Wildman–Crippen LogP) is 1.23. The molecule has 0 amide bonds. The van der Waals surface area contributed by atoms with Crippen molar-refractivity contribution in [2.75, 3.05) is 0 Å². The number of H-pyrrole nitrogens is 1. The van der Waals surface area contributed by atoms with Crippen LogP contribution in [0.5, 0.6) is 0 Å². The summed E-state index contributed by atoms with van der Waals surface area (Å²) in [5, 5.41) is 2.73. The highest BCUT2D eigenvalue weighted by Gasteiger charge is 2.11. The van der Waals surface area contributed by atoms with Crippen LogP contribution in [-0.2, 0) is 0 Å². The third-order valence-electron chi connectivity index (χ3n) is 2.51. The van der Waals surface area contributed by atoms with Crippen molar-refractivity contribution in [3.05, 3.63) is 58.7 Å². The summed E-state index contributed by atoms with van der Waals surface area (Å²) >= 11 is 0.